The van der Waals surface area contributed by atoms with Crippen molar-refractivity contribution < 1.29 is 9.90 Å². The van der Waals surface area contributed by atoms with Gasteiger partial charge in [0.05, 0.1) is 11.6 Å². The van der Waals surface area contributed by atoms with E-state index in [1.807, 2.05) is 28.2 Å². The van der Waals surface area contributed by atoms with Crippen molar-refractivity contribution in [2.75, 3.05) is 18.0 Å². The van der Waals surface area contributed by atoms with E-state index in [1.54, 1.807) is 11.3 Å². The van der Waals surface area contributed by atoms with Crippen LogP contribution >= 0.6 is 11.3 Å². The van der Waals surface area contributed by atoms with Gasteiger partial charge in [-0.15, -0.1) is 11.3 Å². The quantitative estimate of drug-likeness (QED) is 0.801. The number of carboxylic acid groups (broad SMARTS) is 1. The zero-order valence-electron chi connectivity index (χ0n) is 12.6. The van der Waals surface area contributed by atoms with E-state index in [9.17, 15) is 4.79 Å². The smallest absolute Gasteiger partial charge is 0.306 e. The van der Waals surface area contributed by atoms with Crippen molar-refractivity contribution >= 4 is 28.0 Å². The molecule has 1 fully saturated rings. The van der Waals surface area contributed by atoms with Gasteiger partial charge in [-0.25, -0.2) is 4.98 Å². The topological polar surface area (TPSA) is 57.8 Å². The number of aromatic nitrogens is 2. The molecule has 0 aliphatic carbocycles. The first-order valence-electron chi connectivity index (χ1n) is 7.71. The van der Waals surface area contributed by atoms with Crippen molar-refractivity contribution in [2.45, 2.75) is 12.8 Å². The van der Waals surface area contributed by atoms with Crippen LogP contribution in [0.4, 0.5) is 5.69 Å². The zero-order chi connectivity index (χ0) is 15.8. The Hall–Kier alpha value is -2.34. The van der Waals surface area contributed by atoms with Gasteiger partial charge in [0, 0.05) is 42.1 Å². The number of fused-ring (bicyclic) bond motifs is 1. The van der Waals surface area contributed by atoms with Crippen LogP contribution in [0.25, 0.3) is 16.2 Å². The van der Waals surface area contributed by atoms with E-state index >= 15 is 0 Å². The molecule has 1 aliphatic heterocycles. The number of hydrogen-bond acceptors (Lipinski definition) is 4. The summed E-state index contributed by atoms with van der Waals surface area (Å²) in [7, 11) is 0. The highest BCUT2D eigenvalue weighted by atomic mass is 32.1. The van der Waals surface area contributed by atoms with Crippen molar-refractivity contribution in [1.82, 2.24) is 9.38 Å². The van der Waals surface area contributed by atoms with Gasteiger partial charge >= 0.3 is 5.97 Å². The van der Waals surface area contributed by atoms with Crippen LogP contribution in [0.3, 0.4) is 0 Å². The van der Waals surface area contributed by atoms with E-state index in [4.69, 9.17) is 5.11 Å². The molecule has 3 heterocycles. The Morgan fingerprint density at radius 3 is 2.87 bits per heavy atom. The maximum absolute atomic E-state index is 11.1. The molecule has 1 N–H and O–H groups in total. The van der Waals surface area contributed by atoms with Crippen LogP contribution in [-0.2, 0) is 4.79 Å². The van der Waals surface area contributed by atoms with Crippen LogP contribution in [0, 0.1) is 5.92 Å². The fourth-order valence-corrected chi connectivity index (χ4v) is 3.81. The number of hydrogen-bond donors (Lipinski definition) is 1. The molecule has 118 valence electrons. The average molecular weight is 327 g/mol. The Balaban J connectivity index is 1.57. The largest absolute Gasteiger partial charge is 0.481 e. The van der Waals surface area contributed by atoms with Gasteiger partial charge in [0.1, 0.15) is 0 Å². The second-order valence-corrected chi connectivity index (χ2v) is 6.74. The highest BCUT2D eigenvalue weighted by molar-refractivity contribution is 7.15. The van der Waals surface area contributed by atoms with E-state index in [0.29, 0.717) is 12.8 Å². The summed E-state index contributed by atoms with van der Waals surface area (Å²) < 4.78 is 2.03. The molecule has 1 saturated heterocycles. The minimum Gasteiger partial charge on any atom is -0.481 e. The monoisotopic (exact) mass is 327 g/mol. The third-order valence-electron chi connectivity index (χ3n) is 4.44. The van der Waals surface area contributed by atoms with Crippen LogP contribution in [0.15, 0.2) is 42.0 Å². The Morgan fingerprint density at radius 2 is 2.13 bits per heavy atom. The summed E-state index contributed by atoms with van der Waals surface area (Å²) in [6.45, 7) is 1.58. The number of carboxylic acids is 1. The standard InChI is InChI=1S/C17H17N3O2S/c21-16(22)12-4-6-19(7-5-12)14-3-1-2-13(10-14)15-11-20-8-9-23-17(20)18-15/h1-3,8-12H,4-7H2,(H,21,22). The van der Waals surface area contributed by atoms with Gasteiger partial charge in [-0.2, -0.15) is 0 Å². The molecule has 0 unspecified atom stereocenters. The lowest BCUT2D eigenvalue weighted by Gasteiger charge is -2.32. The molecule has 0 saturated carbocycles. The lowest BCUT2D eigenvalue weighted by Crippen LogP contribution is -2.36. The number of benzene rings is 1. The fourth-order valence-electron chi connectivity index (χ4n) is 3.11. The van der Waals surface area contributed by atoms with Gasteiger partial charge in [-0.05, 0) is 25.0 Å². The molecule has 0 bridgehead atoms. The minimum atomic E-state index is -0.670. The van der Waals surface area contributed by atoms with E-state index < -0.39 is 5.97 Å². The van der Waals surface area contributed by atoms with Gasteiger partial charge in [0.15, 0.2) is 4.96 Å². The van der Waals surface area contributed by atoms with Gasteiger partial charge in [0.2, 0.25) is 0 Å². The predicted octanol–water partition coefficient (Wildman–Crippen LogP) is 3.36. The molecule has 2 aromatic heterocycles. The Bertz CT molecular complexity index is 818. The first kappa shape index (κ1) is 14.3. The molecule has 3 aromatic rings. The lowest BCUT2D eigenvalue weighted by atomic mass is 9.96. The molecular formula is C17H17N3O2S. The first-order chi connectivity index (χ1) is 11.2. The first-order valence-corrected chi connectivity index (χ1v) is 8.59. The zero-order valence-corrected chi connectivity index (χ0v) is 13.4. The van der Waals surface area contributed by atoms with Crippen molar-refractivity contribution in [1.29, 1.82) is 0 Å². The summed E-state index contributed by atoms with van der Waals surface area (Å²) in [5, 5.41) is 11.1. The van der Waals surface area contributed by atoms with Gasteiger partial charge < -0.3 is 10.0 Å². The van der Waals surface area contributed by atoms with E-state index in [-0.39, 0.29) is 5.92 Å². The van der Waals surface area contributed by atoms with Crippen molar-refractivity contribution in [3.05, 3.63) is 42.0 Å². The summed E-state index contributed by atoms with van der Waals surface area (Å²) in [6.07, 6.45) is 5.47. The van der Waals surface area contributed by atoms with Crippen molar-refractivity contribution in [3.63, 3.8) is 0 Å². The number of carbonyl (C=O) groups is 1. The van der Waals surface area contributed by atoms with Gasteiger partial charge in [0.25, 0.3) is 0 Å². The molecule has 4 rings (SSSR count). The number of anilines is 1. The lowest BCUT2D eigenvalue weighted by molar-refractivity contribution is -0.142. The van der Waals surface area contributed by atoms with Crippen LogP contribution in [0.1, 0.15) is 12.8 Å². The van der Waals surface area contributed by atoms with Crippen LogP contribution in [-0.4, -0.2) is 33.6 Å². The second-order valence-electron chi connectivity index (χ2n) is 5.87. The maximum Gasteiger partial charge on any atom is 0.306 e. The number of nitrogens with zero attached hydrogens (tertiary/aromatic N) is 3. The van der Waals surface area contributed by atoms with Crippen molar-refractivity contribution in [3.8, 4) is 11.3 Å². The highest BCUT2D eigenvalue weighted by Gasteiger charge is 2.24. The average Bonchev–Trinajstić information content (AvgIpc) is 3.17. The SMILES string of the molecule is O=C(O)C1CCN(c2cccc(-c3cn4ccsc4n3)c2)CC1. The molecule has 1 aliphatic rings. The third kappa shape index (κ3) is 2.70. The van der Waals surface area contributed by atoms with E-state index in [1.165, 1.54) is 0 Å². The molecule has 0 atom stereocenters. The molecule has 23 heavy (non-hydrogen) atoms. The molecule has 0 spiro atoms. The molecule has 0 amide bonds. The Kier molecular flexibility index (Phi) is 3.53. The summed E-state index contributed by atoms with van der Waals surface area (Å²) in [5.74, 6) is -0.870. The van der Waals surface area contributed by atoms with Crippen LogP contribution in [0.2, 0.25) is 0 Å². The second kappa shape index (κ2) is 5.70. The molecule has 5 nitrogen and oxygen atoms in total. The molecule has 1 aromatic carbocycles. The normalized spacial score (nSPS) is 16.1. The molecule has 0 radical (unpaired) electrons. The predicted molar refractivity (Wildman–Crippen MR) is 91.1 cm³/mol. The molecule has 6 heteroatoms. The number of imidazole rings is 1. The van der Waals surface area contributed by atoms with Gasteiger partial charge in [-0.3, -0.25) is 9.20 Å². The van der Waals surface area contributed by atoms with E-state index in [0.717, 1.165) is 35.0 Å². The summed E-state index contributed by atoms with van der Waals surface area (Å²) in [4.78, 5) is 19.0. The number of piperidine rings is 1. The van der Waals surface area contributed by atoms with Crippen molar-refractivity contribution in [2.24, 2.45) is 5.92 Å². The fraction of sp³-hybridized carbons (Fsp3) is 0.294. The summed E-state index contributed by atoms with van der Waals surface area (Å²) in [5.41, 5.74) is 3.21. The Morgan fingerprint density at radius 1 is 1.30 bits per heavy atom. The van der Waals surface area contributed by atoms with Crippen LogP contribution < -0.4 is 4.90 Å². The number of rotatable bonds is 3. The number of aliphatic carboxylic acids is 1. The Labute approximate surface area is 137 Å². The summed E-state index contributed by atoms with van der Waals surface area (Å²) in [6, 6.07) is 8.35. The number of thiazole rings is 1. The summed E-state index contributed by atoms with van der Waals surface area (Å²) >= 11 is 1.62. The maximum atomic E-state index is 11.1. The van der Waals surface area contributed by atoms with Gasteiger partial charge in [-0.1, -0.05) is 12.1 Å². The van der Waals surface area contributed by atoms with E-state index in [2.05, 4.69) is 28.1 Å². The highest BCUT2D eigenvalue weighted by Crippen LogP contribution is 2.28. The van der Waals surface area contributed by atoms with Crippen LogP contribution in [0.5, 0.6) is 0 Å². The molecular weight excluding hydrogens is 310 g/mol. The third-order valence-corrected chi connectivity index (χ3v) is 5.22. The minimum absolute atomic E-state index is 0.200.